The molecule has 3 atom stereocenters. The average Bonchev–Trinajstić information content (AvgIpc) is 2.82. The molecule has 37 heavy (non-hydrogen) atoms. The summed E-state index contributed by atoms with van der Waals surface area (Å²) in [6.45, 7) is 15.9. The van der Waals surface area contributed by atoms with Crippen molar-refractivity contribution >= 4 is 17.3 Å². The van der Waals surface area contributed by atoms with Crippen LogP contribution in [0.2, 0.25) is 0 Å². The van der Waals surface area contributed by atoms with E-state index >= 15 is 4.79 Å². The van der Waals surface area contributed by atoms with Crippen LogP contribution in [0.5, 0.6) is 0 Å². The first-order chi connectivity index (χ1) is 17.2. The van der Waals surface area contributed by atoms with Crippen molar-refractivity contribution in [3.05, 3.63) is 82.7 Å². The van der Waals surface area contributed by atoms with Crippen LogP contribution in [0.4, 0.5) is 0 Å². The number of benzene rings is 1. The largest absolute Gasteiger partial charge is 0.486 e. The van der Waals surface area contributed by atoms with Crippen molar-refractivity contribution in [2.75, 3.05) is 0 Å². The Labute approximate surface area is 221 Å². The van der Waals surface area contributed by atoms with Crippen molar-refractivity contribution in [3.8, 4) is 0 Å². The number of allylic oxidation sites excluding steroid dienone is 7. The zero-order chi connectivity index (χ0) is 27.4. The second-order valence-corrected chi connectivity index (χ2v) is 12.6. The summed E-state index contributed by atoms with van der Waals surface area (Å²) in [5.41, 5.74) is -1.49. The molecule has 0 saturated heterocycles. The van der Waals surface area contributed by atoms with Crippen LogP contribution in [-0.2, 0) is 14.3 Å². The van der Waals surface area contributed by atoms with E-state index in [1.807, 2.05) is 53.7 Å². The van der Waals surface area contributed by atoms with Gasteiger partial charge in [0.15, 0.2) is 22.8 Å². The standard InChI is InChI=1S/C33H40O4/c1-21(2)14-15-24-20-32(19-16-22(3)4)28-25(17-18-30(5,6)37-28)27(35)33(29(32)36,31(24,7)8)26(34)23-12-10-9-11-13-23/h9-14,16-18,24H,15,19-20H2,1-8H3/t24-,32+,33-/m1/s1. The molecule has 1 saturated carbocycles. The van der Waals surface area contributed by atoms with Gasteiger partial charge in [-0.05, 0) is 84.3 Å². The Balaban J connectivity index is 2.09. The maximum Gasteiger partial charge on any atom is 0.188 e. The summed E-state index contributed by atoms with van der Waals surface area (Å²) in [5, 5.41) is 0. The number of rotatable bonds is 6. The fraction of sp³-hybridized carbons (Fsp3) is 0.485. The average molecular weight is 501 g/mol. The van der Waals surface area contributed by atoms with E-state index in [0.29, 0.717) is 36.2 Å². The normalized spacial score (nSPS) is 29.2. The van der Waals surface area contributed by atoms with Crippen LogP contribution in [0.1, 0.15) is 85.0 Å². The van der Waals surface area contributed by atoms with Gasteiger partial charge in [-0.3, -0.25) is 14.4 Å². The molecule has 0 aromatic heterocycles. The number of fused-ring (bicyclic) bond motifs is 3. The molecule has 0 spiro atoms. The SMILES string of the molecule is CC(C)=CC[C@@H]1C[C@]2(CC=C(C)C)C(=O)[C@@](C(=O)c3ccccc3)(C(=O)C3=C2OC(C)(C)C=C3)C1(C)C. The van der Waals surface area contributed by atoms with Gasteiger partial charge >= 0.3 is 0 Å². The van der Waals surface area contributed by atoms with Gasteiger partial charge in [0.1, 0.15) is 11.4 Å². The molecule has 0 amide bonds. The van der Waals surface area contributed by atoms with Crippen molar-refractivity contribution < 1.29 is 19.1 Å². The zero-order valence-corrected chi connectivity index (χ0v) is 23.5. The number of Topliss-reactive ketones (excluding diaryl/α,β-unsaturated/α-hetero) is 3. The van der Waals surface area contributed by atoms with Crippen molar-refractivity contribution in [2.45, 2.75) is 80.3 Å². The highest BCUT2D eigenvalue weighted by molar-refractivity contribution is 6.37. The third kappa shape index (κ3) is 4.00. The predicted octanol–water partition coefficient (Wildman–Crippen LogP) is 7.37. The Hall–Kier alpha value is -3.01. The summed E-state index contributed by atoms with van der Waals surface area (Å²) >= 11 is 0. The minimum atomic E-state index is -1.84. The van der Waals surface area contributed by atoms with Crippen LogP contribution in [0.3, 0.4) is 0 Å². The number of ketones is 3. The molecular formula is C33H40O4. The van der Waals surface area contributed by atoms with Crippen LogP contribution < -0.4 is 0 Å². The van der Waals surface area contributed by atoms with E-state index in [0.717, 1.165) is 5.57 Å². The van der Waals surface area contributed by atoms with Crippen LogP contribution in [0.15, 0.2) is 77.1 Å². The summed E-state index contributed by atoms with van der Waals surface area (Å²) < 4.78 is 6.51. The Morgan fingerprint density at radius 1 is 0.973 bits per heavy atom. The molecule has 4 rings (SSSR count). The summed E-state index contributed by atoms with van der Waals surface area (Å²) in [6.07, 6.45) is 9.47. The second-order valence-electron chi connectivity index (χ2n) is 12.6. The van der Waals surface area contributed by atoms with Gasteiger partial charge < -0.3 is 4.74 Å². The molecule has 4 nitrogen and oxygen atoms in total. The van der Waals surface area contributed by atoms with E-state index in [1.54, 1.807) is 30.3 Å². The zero-order valence-electron chi connectivity index (χ0n) is 23.5. The summed E-state index contributed by atoms with van der Waals surface area (Å²) in [5.74, 6) is -0.774. The maximum atomic E-state index is 15.0. The third-order valence-corrected chi connectivity index (χ3v) is 8.68. The Morgan fingerprint density at radius 2 is 1.59 bits per heavy atom. The van der Waals surface area contributed by atoms with Crippen LogP contribution in [-0.4, -0.2) is 23.0 Å². The number of ether oxygens (including phenoxy) is 1. The molecule has 1 aromatic carbocycles. The summed E-state index contributed by atoms with van der Waals surface area (Å²) in [7, 11) is 0. The molecular weight excluding hydrogens is 460 g/mol. The van der Waals surface area contributed by atoms with Gasteiger partial charge in [-0.2, -0.15) is 0 Å². The van der Waals surface area contributed by atoms with E-state index in [9.17, 15) is 9.59 Å². The van der Waals surface area contributed by atoms with Crippen LogP contribution >= 0.6 is 0 Å². The van der Waals surface area contributed by atoms with E-state index < -0.39 is 33.4 Å². The molecule has 0 N–H and O–H groups in total. The topological polar surface area (TPSA) is 60.4 Å². The number of carbonyl (C=O) groups excluding carboxylic acids is 3. The van der Waals surface area contributed by atoms with Gasteiger partial charge in [-0.25, -0.2) is 0 Å². The molecule has 4 heteroatoms. The lowest BCUT2D eigenvalue weighted by molar-refractivity contribution is -0.167. The number of hydrogen-bond donors (Lipinski definition) is 0. The molecule has 196 valence electrons. The first kappa shape index (κ1) is 27.0. The van der Waals surface area contributed by atoms with E-state index in [2.05, 4.69) is 26.0 Å². The Bertz CT molecular complexity index is 1260. The van der Waals surface area contributed by atoms with Gasteiger partial charge in [0.05, 0.1) is 11.0 Å². The lowest BCUT2D eigenvalue weighted by atomic mass is 9.39. The molecule has 3 aliphatic rings. The van der Waals surface area contributed by atoms with Crippen molar-refractivity contribution in [1.29, 1.82) is 0 Å². The predicted molar refractivity (Wildman–Crippen MR) is 147 cm³/mol. The van der Waals surface area contributed by atoms with E-state index in [-0.39, 0.29) is 11.7 Å². The first-order valence-corrected chi connectivity index (χ1v) is 13.3. The summed E-state index contributed by atoms with van der Waals surface area (Å²) in [4.78, 5) is 44.3. The fourth-order valence-electron chi connectivity index (χ4n) is 6.47. The third-order valence-electron chi connectivity index (χ3n) is 8.68. The molecule has 0 unspecified atom stereocenters. The molecule has 2 bridgehead atoms. The molecule has 0 radical (unpaired) electrons. The number of carbonyl (C=O) groups is 3. The van der Waals surface area contributed by atoms with Gasteiger partial charge in [-0.1, -0.05) is 67.5 Å². The monoisotopic (exact) mass is 500 g/mol. The lowest BCUT2D eigenvalue weighted by Crippen LogP contribution is -2.70. The van der Waals surface area contributed by atoms with Crippen LogP contribution in [0.25, 0.3) is 0 Å². The Morgan fingerprint density at radius 3 is 2.19 bits per heavy atom. The smallest absolute Gasteiger partial charge is 0.188 e. The van der Waals surface area contributed by atoms with Crippen molar-refractivity contribution in [2.24, 2.45) is 22.2 Å². The van der Waals surface area contributed by atoms with Gasteiger partial charge in [-0.15, -0.1) is 0 Å². The minimum Gasteiger partial charge on any atom is -0.486 e. The molecule has 1 aromatic rings. The van der Waals surface area contributed by atoms with Gasteiger partial charge in [0.2, 0.25) is 0 Å². The minimum absolute atomic E-state index is 0.0889. The van der Waals surface area contributed by atoms with E-state index in [4.69, 9.17) is 4.74 Å². The van der Waals surface area contributed by atoms with Crippen molar-refractivity contribution in [1.82, 2.24) is 0 Å². The quantitative estimate of drug-likeness (QED) is 0.232. The highest BCUT2D eigenvalue weighted by atomic mass is 16.5. The van der Waals surface area contributed by atoms with Crippen LogP contribution in [0, 0.1) is 22.2 Å². The van der Waals surface area contributed by atoms with E-state index in [1.165, 1.54) is 5.57 Å². The first-order valence-electron chi connectivity index (χ1n) is 13.3. The molecule has 1 fully saturated rings. The number of hydrogen-bond acceptors (Lipinski definition) is 4. The van der Waals surface area contributed by atoms with Gasteiger partial charge in [0, 0.05) is 5.56 Å². The second kappa shape index (κ2) is 9.08. The lowest BCUT2D eigenvalue weighted by Gasteiger charge is -2.60. The summed E-state index contributed by atoms with van der Waals surface area (Å²) in [6, 6.07) is 8.83. The Kier molecular flexibility index (Phi) is 6.63. The molecule has 2 aliphatic carbocycles. The highest BCUT2D eigenvalue weighted by Gasteiger charge is 2.75. The molecule has 1 heterocycles. The van der Waals surface area contributed by atoms with Gasteiger partial charge in [0.25, 0.3) is 0 Å². The van der Waals surface area contributed by atoms with Crippen molar-refractivity contribution in [3.63, 3.8) is 0 Å². The molecule has 1 aliphatic heterocycles. The maximum absolute atomic E-state index is 15.0. The highest BCUT2D eigenvalue weighted by Crippen LogP contribution is 2.67. The fourth-order valence-corrected chi connectivity index (χ4v) is 6.47.